The van der Waals surface area contributed by atoms with Crippen LogP contribution in [0.4, 0.5) is 0 Å². The second kappa shape index (κ2) is 6.84. The van der Waals surface area contributed by atoms with Crippen LogP contribution < -0.4 is 14.9 Å². The number of hydrogen-bond donors (Lipinski definition) is 2. The number of amides is 1. The van der Waals surface area contributed by atoms with E-state index in [0.717, 1.165) is 32.2 Å². The van der Waals surface area contributed by atoms with Crippen molar-refractivity contribution in [2.75, 3.05) is 6.79 Å². The van der Waals surface area contributed by atoms with Crippen molar-refractivity contribution in [2.45, 2.75) is 13.3 Å². The van der Waals surface area contributed by atoms with Gasteiger partial charge in [-0.25, -0.2) is 5.43 Å². The Bertz CT molecular complexity index is 1030. The average Bonchev–Trinajstić information content (AvgIpc) is 3.19. The number of fused-ring (bicyclic) bond motifs is 2. The smallest absolute Gasteiger partial charge is 0.244 e. The Morgan fingerprint density at radius 3 is 3.00 bits per heavy atom. The topological polar surface area (TPSA) is 75.7 Å². The Labute approximate surface area is 158 Å². The molecule has 0 fully saturated rings. The van der Waals surface area contributed by atoms with E-state index >= 15 is 0 Å². The number of ether oxygens (including phenoxy) is 2. The minimum Gasteiger partial charge on any atom is -0.454 e. The van der Waals surface area contributed by atoms with Crippen LogP contribution in [0, 0.1) is 6.92 Å². The van der Waals surface area contributed by atoms with Gasteiger partial charge < -0.3 is 14.5 Å². The number of nitrogens with one attached hydrogen (secondary N) is 2. The summed E-state index contributed by atoms with van der Waals surface area (Å²) in [6.45, 7) is 2.19. The number of carbonyl (C=O) groups is 1. The molecule has 0 radical (unpaired) electrons. The van der Waals surface area contributed by atoms with Gasteiger partial charge in [-0.2, -0.15) is 5.10 Å². The highest BCUT2D eigenvalue weighted by Gasteiger charge is 2.14. The second-order valence-corrected chi connectivity index (χ2v) is 6.92. The number of hydrazone groups is 1. The summed E-state index contributed by atoms with van der Waals surface area (Å²) in [4.78, 5) is 15.6. The predicted molar refractivity (Wildman–Crippen MR) is 103 cm³/mol. The molecule has 0 spiro atoms. The molecular formula is C19H16BrN3O3. The van der Waals surface area contributed by atoms with Crippen LogP contribution in [-0.2, 0) is 11.2 Å². The number of aryl methyl sites for hydroxylation is 1. The zero-order chi connectivity index (χ0) is 18.1. The summed E-state index contributed by atoms with van der Waals surface area (Å²) in [5.74, 6) is 1.22. The van der Waals surface area contributed by atoms with Crippen LogP contribution in [0.3, 0.4) is 0 Å². The largest absolute Gasteiger partial charge is 0.454 e. The lowest BCUT2D eigenvalue weighted by Gasteiger charge is -2.02. The zero-order valence-electron chi connectivity index (χ0n) is 14.0. The first kappa shape index (κ1) is 16.7. The van der Waals surface area contributed by atoms with Gasteiger partial charge in [0.25, 0.3) is 0 Å². The maximum absolute atomic E-state index is 12.3. The van der Waals surface area contributed by atoms with Gasteiger partial charge in [-0.3, -0.25) is 4.79 Å². The van der Waals surface area contributed by atoms with Crippen LogP contribution in [0.5, 0.6) is 11.5 Å². The summed E-state index contributed by atoms with van der Waals surface area (Å²) >= 11 is 3.47. The first-order valence-electron chi connectivity index (χ1n) is 8.08. The van der Waals surface area contributed by atoms with Crippen molar-refractivity contribution in [3.63, 3.8) is 0 Å². The summed E-state index contributed by atoms with van der Waals surface area (Å²) in [5.41, 5.74) is 6.36. The molecule has 0 bridgehead atoms. The lowest BCUT2D eigenvalue weighted by Crippen LogP contribution is -2.20. The van der Waals surface area contributed by atoms with Crippen molar-refractivity contribution in [1.29, 1.82) is 0 Å². The van der Waals surface area contributed by atoms with Gasteiger partial charge in [-0.05, 0) is 54.4 Å². The molecule has 26 heavy (non-hydrogen) atoms. The van der Waals surface area contributed by atoms with E-state index in [4.69, 9.17) is 9.47 Å². The van der Waals surface area contributed by atoms with Gasteiger partial charge in [-0.1, -0.05) is 15.9 Å². The molecule has 6 nitrogen and oxygen atoms in total. The predicted octanol–water partition coefficient (Wildman–Crippen LogP) is 3.66. The molecule has 0 aliphatic carbocycles. The summed E-state index contributed by atoms with van der Waals surface area (Å²) in [6, 6.07) is 11.5. The number of H-pyrrole nitrogens is 1. The zero-order valence-corrected chi connectivity index (χ0v) is 15.6. The minimum absolute atomic E-state index is 0.175. The Morgan fingerprint density at radius 2 is 2.12 bits per heavy atom. The fourth-order valence-electron chi connectivity index (χ4n) is 2.95. The van der Waals surface area contributed by atoms with E-state index in [9.17, 15) is 4.79 Å². The van der Waals surface area contributed by atoms with Gasteiger partial charge in [0, 0.05) is 21.1 Å². The fraction of sp³-hybridized carbons (Fsp3) is 0.158. The Morgan fingerprint density at radius 1 is 1.27 bits per heavy atom. The Kier molecular flexibility index (Phi) is 4.38. The minimum atomic E-state index is -0.175. The molecule has 2 heterocycles. The molecule has 0 unspecified atom stereocenters. The maximum Gasteiger partial charge on any atom is 0.244 e. The quantitative estimate of drug-likeness (QED) is 0.506. The van der Waals surface area contributed by atoms with E-state index in [-0.39, 0.29) is 19.1 Å². The number of benzene rings is 2. The lowest BCUT2D eigenvalue weighted by atomic mass is 10.1. The molecule has 0 saturated carbocycles. The number of hydrogen-bond acceptors (Lipinski definition) is 4. The third kappa shape index (κ3) is 3.30. The highest BCUT2D eigenvalue weighted by atomic mass is 79.9. The van der Waals surface area contributed by atoms with E-state index in [1.165, 1.54) is 0 Å². The molecule has 7 heteroatoms. The molecule has 1 aromatic heterocycles. The first-order valence-corrected chi connectivity index (χ1v) is 8.88. The molecular weight excluding hydrogens is 398 g/mol. The standard InChI is InChI=1S/C19H16BrN3O3/c1-11-14(15-7-13(20)3-4-16(15)22-11)8-19(24)23-21-9-12-2-5-17-18(6-12)26-10-25-17/h2-7,9,22H,8,10H2,1H3,(H,23,24). The third-order valence-corrected chi connectivity index (χ3v) is 4.71. The van der Waals surface area contributed by atoms with E-state index in [2.05, 4.69) is 31.4 Å². The number of aromatic nitrogens is 1. The Hall–Kier alpha value is -2.80. The maximum atomic E-state index is 12.3. The third-order valence-electron chi connectivity index (χ3n) is 4.22. The summed E-state index contributed by atoms with van der Waals surface area (Å²) in [7, 11) is 0. The molecule has 4 rings (SSSR count). The van der Waals surface area contributed by atoms with Gasteiger partial charge in [0.1, 0.15) is 0 Å². The van der Waals surface area contributed by atoms with E-state index in [1.807, 2.05) is 43.3 Å². The number of carbonyl (C=O) groups excluding carboxylic acids is 1. The van der Waals surface area contributed by atoms with Crippen molar-refractivity contribution in [1.82, 2.24) is 10.4 Å². The van der Waals surface area contributed by atoms with E-state index < -0.39 is 0 Å². The van der Waals surface area contributed by atoms with Crippen LogP contribution in [-0.4, -0.2) is 23.9 Å². The monoisotopic (exact) mass is 413 g/mol. The summed E-state index contributed by atoms with van der Waals surface area (Å²) < 4.78 is 11.6. The van der Waals surface area contributed by atoms with Crippen molar-refractivity contribution >= 4 is 39.0 Å². The van der Waals surface area contributed by atoms with Crippen LogP contribution >= 0.6 is 15.9 Å². The van der Waals surface area contributed by atoms with Gasteiger partial charge in [-0.15, -0.1) is 0 Å². The van der Waals surface area contributed by atoms with Crippen LogP contribution in [0.1, 0.15) is 16.8 Å². The number of rotatable bonds is 4. The van der Waals surface area contributed by atoms with Crippen molar-refractivity contribution in [3.05, 3.63) is 57.7 Å². The molecule has 1 amide bonds. The molecule has 2 aromatic carbocycles. The number of aromatic amines is 1. The summed E-state index contributed by atoms with van der Waals surface area (Å²) in [5, 5.41) is 5.07. The average molecular weight is 414 g/mol. The van der Waals surface area contributed by atoms with E-state index in [0.29, 0.717) is 11.5 Å². The van der Waals surface area contributed by atoms with E-state index in [1.54, 1.807) is 6.21 Å². The fourth-order valence-corrected chi connectivity index (χ4v) is 3.32. The van der Waals surface area contributed by atoms with Gasteiger partial charge in [0.05, 0.1) is 12.6 Å². The Balaban J connectivity index is 1.44. The van der Waals surface area contributed by atoms with Gasteiger partial charge >= 0.3 is 0 Å². The highest BCUT2D eigenvalue weighted by Crippen LogP contribution is 2.32. The number of nitrogens with zero attached hydrogens (tertiary/aromatic N) is 1. The van der Waals surface area contributed by atoms with Crippen molar-refractivity contribution in [2.24, 2.45) is 5.10 Å². The van der Waals surface area contributed by atoms with Crippen molar-refractivity contribution < 1.29 is 14.3 Å². The van der Waals surface area contributed by atoms with Crippen LogP contribution in [0.2, 0.25) is 0 Å². The number of halogens is 1. The molecule has 3 aromatic rings. The first-order chi connectivity index (χ1) is 12.6. The normalized spacial score (nSPS) is 12.8. The molecule has 1 aliphatic rings. The molecule has 1 aliphatic heterocycles. The molecule has 0 atom stereocenters. The van der Waals surface area contributed by atoms with Gasteiger partial charge in [0.15, 0.2) is 11.5 Å². The second-order valence-electron chi connectivity index (χ2n) is 6.00. The SMILES string of the molecule is Cc1[nH]c2ccc(Br)cc2c1CC(=O)NN=Cc1ccc2c(c1)OCO2. The highest BCUT2D eigenvalue weighted by molar-refractivity contribution is 9.10. The molecule has 2 N–H and O–H groups in total. The van der Waals surface area contributed by atoms with Crippen molar-refractivity contribution in [3.8, 4) is 11.5 Å². The van der Waals surface area contributed by atoms with Gasteiger partial charge in [0.2, 0.25) is 12.7 Å². The van der Waals surface area contributed by atoms with Crippen LogP contribution in [0.15, 0.2) is 46.0 Å². The van der Waals surface area contributed by atoms with Crippen LogP contribution in [0.25, 0.3) is 10.9 Å². The molecule has 0 saturated heterocycles. The molecule has 132 valence electrons. The lowest BCUT2D eigenvalue weighted by molar-refractivity contribution is -0.120. The summed E-state index contributed by atoms with van der Waals surface area (Å²) in [6.07, 6.45) is 1.83.